The number of methoxy groups -OCH3 is 1. The van der Waals surface area contributed by atoms with Crippen molar-refractivity contribution in [1.29, 1.82) is 0 Å². The molecule has 0 saturated carbocycles. The molecule has 0 spiro atoms. The molecule has 1 rings (SSSR count). The summed E-state index contributed by atoms with van der Waals surface area (Å²) in [6.45, 7) is 1.44. The van der Waals surface area contributed by atoms with Crippen molar-refractivity contribution in [3.05, 3.63) is 47.1 Å². The number of carbonyl (C=O) groups is 2. The summed E-state index contributed by atoms with van der Waals surface area (Å²) in [4.78, 5) is 21.7. The van der Waals surface area contributed by atoms with Crippen LogP contribution in [0.5, 0.6) is 5.75 Å². The summed E-state index contributed by atoms with van der Waals surface area (Å²) < 4.78 is 5.00. The Morgan fingerprint density at radius 2 is 1.74 bits per heavy atom. The van der Waals surface area contributed by atoms with Gasteiger partial charge in [-0.15, -0.1) is 0 Å². The second-order valence-electron chi connectivity index (χ2n) is 3.80. The van der Waals surface area contributed by atoms with Gasteiger partial charge in [-0.2, -0.15) is 0 Å². The van der Waals surface area contributed by atoms with Crippen molar-refractivity contribution in [1.82, 2.24) is 0 Å². The van der Waals surface area contributed by atoms with Crippen LogP contribution in [0.25, 0.3) is 6.08 Å². The summed E-state index contributed by atoms with van der Waals surface area (Å²) in [5, 5.41) is 17.7. The summed E-state index contributed by atoms with van der Waals surface area (Å²) in [5.41, 5.74) is 0.764. The van der Waals surface area contributed by atoms with Gasteiger partial charge in [-0.05, 0) is 36.3 Å². The zero-order valence-electron chi connectivity index (χ0n) is 10.6. The highest BCUT2D eigenvalue weighted by Crippen LogP contribution is 2.17. The summed E-state index contributed by atoms with van der Waals surface area (Å²) in [6.07, 6.45) is 2.28. The lowest BCUT2D eigenvalue weighted by atomic mass is 10.0. The minimum Gasteiger partial charge on any atom is -0.497 e. The van der Waals surface area contributed by atoms with E-state index in [1.807, 2.05) is 0 Å². The minimum atomic E-state index is -1.18. The standard InChI is InChI=1S/C14H14O5/c1-9(7-13(15)16)12(14(17)18)8-10-3-5-11(19-2)6-4-10/h3-8H,1-2H3,(H,15,16)(H,17,18)/b9-7+,12-8+. The van der Waals surface area contributed by atoms with Gasteiger partial charge in [-0.1, -0.05) is 12.1 Å². The lowest BCUT2D eigenvalue weighted by Gasteiger charge is -2.03. The first-order valence-electron chi connectivity index (χ1n) is 5.44. The number of aliphatic carboxylic acids is 2. The van der Waals surface area contributed by atoms with E-state index in [4.69, 9.17) is 14.9 Å². The van der Waals surface area contributed by atoms with E-state index >= 15 is 0 Å². The Labute approximate surface area is 110 Å². The topological polar surface area (TPSA) is 83.8 Å². The number of carboxylic acid groups (broad SMARTS) is 2. The molecule has 0 aliphatic heterocycles. The molecule has 2 N–H and O–H groups in total. The predicted octanol–water partition coefficient (Wildman–Crippen LogP) is 2.19. The Balaban J connectivity index is 3.14. The van der Waals surface area contributed by atoms with E-state index in [2.05, 4.69) is 0 Å². The Morgan fingerprint density at radius 1 is 1.16 bits per heavy atom. The Bertz CT molecular complexity index is 537. The van der Waals surface area contributed by atoms with E-state index in [9.17, 15) is 9.59 Å². The average molecular weight is 262 g/mol. The van der Waals surface area contributed by atoms with Gasteiger partial charge in [0.25, 0.3) is 0 Å². The molecule has 0 fully saturated rings. The molecule has 1 aromatic rings. The van der Waals surface area contributed by atoms with Crippen LogP contribution < -0.4 is 4.74 Å². The van der Waals surface area contributed by atoms with E-state index < -0.39 is 11.9 Å². The summed E-state index contributed by atoms with van der Waals surface area (Å²) in [5.74, 6) is -1.70. The molecule has 1 aromatic carbocycles. The fourth-order valence-corrected chi connectivity index (χ4v) is 1.47. The monoisotopic (exact) mass is 262 g/mol. The second-order valence-corrected chi connectivity index (χ2v) is 3.80. The molecule has 0 saturated heterocycles. The highest BCUT2D eigenvalue weighted by Gasteiger charge is 2.11. The van der Waals surface area contributed by atoms with Crippen LogP contribution >= 0.6 is 0 Å². The number of hydrogen-bond acceptors (Lipinski definition) is 3. The first-order valence-corrected chi connectivity index (χ1v) is 5.44. The quantitative estimate of drug-likeness (QED) is 0.627. The third-order valence-electron chi connectivity index (χ3n) is 2.42. The van der Waals surface area contributed by atoms with Crippen LogP contribution in [0.15, 0.2) is 41.5 Å². The van der Waals surface area contributed by atoms with Gasteiger partial charge in [0.15, 0.2) is 0 Å². The lowest BCUT2D eigenvalue weighted by Crippen LogP contribution is -2.03. The molecule has 0 aromatic heterocycles. The third kappa shape index (κ3) is 4.31. The highest BCUT2D eigenvalue weighted by atomic mass is 16.5. The van der Waals surface area contributed by atoms with Crippen LogP contribution in [-0.4, -0.2) is 29.3 Å². The predicted molar refractivity (Wildman–Crippen MR) is 70.0 cm³/mol. The van der Waals surface area contributed by atoms with Crippen molar-refractivity contribution < 1.29 is 24.5 Å². The maximum Gasteiger partial charge on any atom is 0.335 e. The third-order valence-corrected chi connectivity index (χ3v) is 2.42. The SMILES string of the molecule is COc1ccc(/C=C(C(=O)O)\C(C)=C\C(=O)O)cc1. The molecule has 0 heterocycles. The van der Waals surface area contributed by atoms with Crippen LogP contribution in [0.4, 0.5) is 0 Å². The smallest absolute Gasteiger partial charge is 0.335 e. The van der Waals surface area contributed by atoms with Gasteiger partial charge in [0.05, 0.1) is 12.7 Å². The van der Waals surface area contributed by atoms with Crippen molar-refractivity contribution in [2.45, 2.75) is 6.92 Å². The molecule has 0 bridgehead atoms. The van der Waals surface area contributed by atoms with Crippen molar-refractivity contribution in [3.8, 4) is 5.75 Å². The number of benzene rings is 1. The van der Waals surface area contributed by atoms with Gasteiger partial charge < -0.3 is 14.9 Å². The number of hydrogen-bond donors (Lipinski definition) is 2. The van der Waals surface area contributed by atoms with Crippen LogP contribution in [-0.2, 0) is 9.59 Å². The molecule has 5 heteroatoms. The molecular weight excluding hydrogens is 248 g/mol. The largest absolute Gasteiger partial charge is 0.497 e. The summed E-state index contributed by atoms with van der Waals surface area (Å²) in [7, 11) is 1.53. The molecule has 0 aliphatic carbocycles. The molecule has 0 atom stereocenters. The van der Waals surface area contributed by atoms with E-state index in [0.717, 1.165) is 6.08 Å². The van der Waals surface area contributed by atoms with Crippen molar-refractivity contribution in [2.24, 2.45) is 0 Å². The Kier molecular flexibility index (Phi) is 4.88. The molecule has 0 unspecified atom stereocenters. The van der Waals surface area contributed by atoms with Crippen molar-refractivity contribution in [3.63, 3.8) is 0 Å². The van der Waals surface area contributed by atoms with Crippen molar-refractivity contribution in [2.75, 3.05) is 7.11 Å². The molecule has 100 valence electrons. The first kappa shape index (κ1) is 14.5. The molecule has 5 nitrogen and oxygen atoms in total. The van der Waals surface area contributed by atoms with Crippen molar-refractivity contribution >= 4 is 18.0 Å². The van der Waals surface area contributed by atoms with Gasteiger partial charge in [0, 0.05) is 6.08 Å². The van der Waals surface area contributed by atoms with Gasteiger partial charge >= 0.3 is 11.9 Å². The summed E-state index contributed by atoms with van der Waals surface area (Å²) in [6, 6.07) is 6.77. The number of rotatable bonds is 5. The van der Waals surface area contributed by atoms with Gasteiger partial charge in [-0.3, -0.25) is 0 Å². The normalized spacial score (nSPS) is 12.1. The van der Waals surface area contributed by atoms with Gasteiger partial charge in [0.1, 0.15) is 5.75 Å². The molecule has 0 amide bonds. The molecule has 0 aliphatic rings. The second kappa shape index (κ2) is 6.39. The zero-order valence-corrected chi connectivity index (χ0v) is 10.6. The highest BCUT2D eigenvalue weighted by molar-refractivity contribution is 5.99. The maximum absolute atomic E-state index is 11.1. The van der Waals surface area contributed by atoms with Crippen LogP contribution in [0.1, 0.15) is 12.5 Å². The maximum atomic E-state index is 11.1. The first-order chi connectivity index (χ1) is 8.93. The van der Waals surface area contributed by atoms with Crippen LogP contribution in [0.3, 0.4) is 0 Å². The van der Waals surface area contributed by atoms with Gasteiger partial charge in [0.2, 0.25) is 0 Å². The minimum absolute atomic E-state index is 0.0624. The van der Waals surface area contributed by atoms with Gasteiger partial charge in [-0.25, -0.2) is 9.59 Å². The lowest BCUT2D eigenvalue weighted by molar-refractivity contribution is -0.132. The van der Waals surface area contributed by atoms with E-state index in [1.54, 1.807) is 24.3 Å². The van der Waals surface area contributed by atoms with Crippen LogP contribution in [0.2, 0.25) is 0 Å². The van der Waals surface area contributed by atoms with E-state index in [0.29, 0.717) is 11.3 Å². The fraction of sp³-hybridized carbons (Fsp3) is 0.143. The van der Waals surface area contributed by atoms with E-state index in [-0.39, 0.29) is 11.1 Å². The van der Waals surface area contributed by atoms with E-state index in [1.165, 1.54) is 20.1 Å². The summed E-state index contributed by atoms with van der Waals surface area (Å²) >= 11 is 0. The average Bonchev–Trinajstić information content (AvgIpc) is 2.35. The molecule has 19 heavy (non-hydrogen) atoms. The zero-order chi connectivity index (χ0) is 14.4. The Morgan fingerprint density at radius 3 is 2.16 bits per heavy atom. The fourth-order valence-electron chi connectivity index (χ4n) is 1.47. The number of ether oxygens (including phenoxy) is 1. The Hall–Kier alpha value is -2.56. The van der Waals surface area contributed by atoms with Crippen LogP contribution in [0, 0.1) is 0 Å². The molecule has 0 radical (unpaired) electrons. The number of carboxylic acids is 2. The molecular formula is C14H14O5.